The molecular weight excluding hydrogens is 230 g/mol. The van der Waals surface area contributed by atoms with E-state index < -0.39 is 0 Å². The van der Waals surface area contributed by atoms with Crippen LogP contribution < -0.4 is 5.32 Å². The molecule has 0 aromatic heterocycles. The Morgan fingerprint density at radius 1 is 1.56 bits per heavy atom. The van der Waals surface area contributed by atoms with E-state index in [9.17, 15) is 4.79 Å². The van der Waals surface area contributed by atoms with E-state index in [0.29, 0.717) is 12.1 Å². The van der Waals surface area contributed by atoms with Crippen LogP contribution in [0.2, 0.25) is 0 Å². The maximum atomic E-state index is 11.7. The Balaban J connectivity index is 0.00000128. The van der Waals surface area contributed by atoms with Gasteiger partial charge in [-0.25, -0.2) is 0 Å². The fraction of sp³-hybridized carbons (Fsp3) is 0.800. The van der Waals surface area contributed by atoms with E-state index >= 15 is 0 Å². The first-order valence-corrected chi connectivity index (χ1v) is 5.30. The van der Waals surface area contributed by atoms with Gasteiger partial charge in [0.2, 0.25) is 0 Å². The zero-order chi connectivity index (χ0) is 10.9. The van der Waals surface area contributed by atoms with E-state index in [1.165, 1.54) is 4.90 Å². The second-order valence-electron chi connectivity index (χ2n) is 4.47. The first-order chi connectivity index (χ1) is 7.13. The van der Waals surface area contributed by atoms with Crippen LogP contribution in [0, 0.1) is 0 Å². The summed E-state index contributed by atoms with van der Waals surface area (Å²) in [4.78, 5) is 18.6. The molecule has 0 aliphatic carbocycles. The van der Waals surface area contributed by atoms with Crippen molar-refractivity contribution in [3.05, 3.63) is 0 Å². The summed E-state index contributed by atoms with van der Waals surface area (Å²) in [6.45, 7) is 1.82. The third-order valence-electron chi connectivity index (χ3n) is 2.93. The summed E-state index contributed by atoms with van der Waals surface area (Å²) < 4.78 is 0. The number of rotatable bonds is 1. The minimum absolute atomic E-state index is 0. The van der Waals surface area contributed by atoms with Crippen LogP contribution >= 0.6 is 12.4 Å². The summed E-state index contributed by atoms with van der Waals surface area (Å²) in [6.07, 6.45) is 2.70. The fourth-order valence-electron chi connectivity index (χ4n) is 2.06. The van der Waals surface area contributed by atoms with Gasteiger partial charge in [-0.05, 0) is 19.4 Å². The average Bonchev–Trinajstić information content (AvgIpc) is 2.62. The first-order valence-electron chi connectivity index (χ1n) is 5.30. The quantitative estimate of drug-likeness (QED) is 0.730. The lowest BCUT2D eigenvalue weighted by Gasteiger charge is -2.30. The molecule has 0 saturated carbocycles. The Bertz CT molecular complexity index is 298. The van der Waals surface area contributed by atoms with Gasteiger partial charge in [-0.15, -0.1) is 12.4 Å². The monoisotopic (exact) mass is 247 g/mol. The van der Waals surface area contributed by atoms with Crippen LogP contribution in [-0.4, -0.2) is 49.3 Å². The Kier molecular flexibility index (Phi) is 4.15. The molecule has 16 heavy (non-hydrogen) atoms. The molecule has 0 aromatic rings. The number of carbonyl (C=O) groups is 1. The van der Waals surface area contributed by atoms with Gasteiger partial charge in [0.25, 0.3) is 5.91 Å². The van der Waals surface area contributed by atoms with Crippen molar-refractivity contribution in [1.29, 1.82) is 0 Å². The van der Waals surface area contributed by atoms with Crippen molar-refractivity contribution < 1.29 is 9.63 Å². The predicted molar refractivity (Wildman–Crippen MR) is 63.9 cm³/mol. The molecule has 0 aromatic carbocycles. The summed E-state index contributed by atoms with van der Waals surface area (Å²) in [7, 11) is 3.46. The molecule has 1 N–H and O–H groups in total. The van der Waals surface area contributed by atoms with E-state index in [2.05, 4.69) is 10.5 Å². The number of nitrogens with one attached hydrogen (secondary N) is 1. The molecule has 1 amide bonds. The van der Waals surface area contributed by atoms with Crippen LogP contribution in [0.1, 0.15) is 19.3 Å². The van der Waals surface area contributed by atoms with Crippen LogP contribution in [0.15, 0.2) is 5.16 Å². The largest absolute Gasteiger partial charge is 0.387 e. The Morgan fingerprint density at radius 3 is 2.88 bits per heavy atom. The Hall–Kier alpha value is -0.810. The molecular formula is C10H18ClN3O2. The highest BCUT2D eigenvalue weighted by atomic mass is 35.5. The summed E-state index contributed by atoms with van der Waals surface area (Å²) in [6, 6.07) is 0. The molecule has 1 spiro atoms. The molecule has 92 valence electrons. The van der Waals surface area contributed by atoms with Gasteiger partial charge < -0.3 is 15.1 Å². The van der Waals surface area contributed by atoms with Crippen LogP contribution in [0.5, 0.6) is 0 Å². The Morgan fingerprint density at radius 2 is 2.31 bits per heavy atom. The molecule has 2 heterocycles. The molecule has 2 rings (SSSR count). The zero-order valence-corrected chi connectivity index (χ0v) is 10.5. The summed E-state index contributed by atoms with van der Waals surface area (Å²) in [5.74, 6) is -0.0440. The van der Waals surface area contributed by atoms with Gasteiger partial charge in [0.1, 0.15) is 5.71 Å². The highest BCUT2D eigenvalue weighted by Gasteiger charge is 2.42. The van der Waals surface area contributed by atoms with Crippen LogP contribution in [0.4, 0.5) is 0 Å². The summed E-state index contributed by atoms with van der Waals surface area (Å²) in [5, 5.41) is 7.20. The molecule has 2 aliphatic heterocycles. The smallest absolute Gasteiger partial charge is 0.271 e. The molecule has 1 atom stereocenters. The van der Waals surface area contributed by atoms with Gasteiger partial charge in [0.15, 0.2) is 5.60 Å². The van der Waals surface area contributed by atoms with Crippen molar-refractivity contribution in [2.24, 2.45) is 5.16 Å². The molecule has 2 aliphatic rings. The number of carbonyl (C=O) groups excluding carboxylic acids is 1. The van der Waals surface area contributed by atoms with Crippen LogP contribution in [0.25, 0.3) is 0 Å². The van der Waals surface area contributed by atoms with Crippen molar-refractivity contribution in [1.82, 2.24) is 10.2 Å². The minimum atomic E-state index is -0.251. The lowest BCUT2D eigenvalue weighted by molar-refractivity contribution is -0.121. The maximum Gasteiger partial charge on any atom is 0.271 e. The maximum absolute atomic E-state index is 11.7. The van der Waals surface area contributed by atoms with Crippen molar-refractivity contribution in [3.63, 3.8) is 0 Å². The number of halogens is 1. The molecule has 0 bridgehead atoms. The molecule has 5 nitrogen and oxygen atoms in total. The third kappa shape index (κ3) is 2.47. The Labute approximate surface area is 102 Å². The number of piperidine rings is 1. The molecule has 6 heteroatoms. The van der Waals surface area contributed by atoms with Gasteiger partial charge in [-0.3, -0.25) is 4.79 Å². The van der Waals surface area contributed by atoms with E-state index in [4.69, 9.17) is 4.84 Å². The van der Waals surface area contributed by atoms with Gasteiger partial charge in [0, 0.05) is 27.1 Å². The van der Waals surface area contributed by atoms with Crippen molar-refractivity contribution >= 4 is 24.0 Å². The van der Waals surface area contributed by atoms with Crippen molar-refractivity contribution in [3.8, 4) is 0 Å². The number of nitrogens with zero attached hydrogens (tertiary/aromatic N) is 2. The highest BCUT2D eigenvalue weighted by Crippen LogP contribution is 2.30. The van der Waals surface area contributed by atoms with E-state index in [0.717, 1.165) is 25.9 Å². The van der Waals surface area contributed by atoms with Crippen LogP contribution in [-0.2, 0) is 9.63 Å². The number of hydrogen-bond acceptors (Lipinski definition) is 4. The summed E-state index contributed by atoms with van der Waals surface area (Å²) >= 11 is 0. The van der Waals surface area contributed by atoms with Gasteiger partial charge >= 0.3 is 0 Å². The second kappa shape index (κ2) is 5.01. The standard InChI is InChI=1S/C10H17N3O2.ClH/c1-13(2)9(14)8-6-10(15-12-8)4-3-5-11-7-10;/h11H,3-7H2,1-2H3;1H. The van der Waals surface area contributed by atoms with Gasteiger partial charge in [-0.2, -0.15) is 0 Å². The molecule has 1 fully saturated rings. The molecule has 1 unspecified atom stereocenters. The normalized spacial score (nSPS) is 28.0. The highest BCUT2D eigenvalue weighted by molar-refractivity contribution is 6.39. The predicted octanol–water partition coefficient (Wildman–Crippen LogP) is 0.395. The van der Waals surface area contributed by atoms with E-state index in [1.807, 2.05) is 0 Å². The van der Waals surface area contributed by atoms with E-state index in [-0.39, 0.29) is 23.9 Å². The van der Waals surface area contributed by atoms with E-state index in [1.54, 1.807) is 14.1 Å². The third-order valence-corrected chi connectivity index (χ3v) is 2.93. The molecule has 1 saturated heterocycles. The first kappa shape index (κ1) is 13.3. The topological polar surface area (TPSA) is 53.9 Å². The number of amides is 1. The van der Waals surface area contributed by atoms with Crippen molar-refractivity contribution in [2.45, 2.75) is 24.9 Å². The average molecular weight is 248 g/mol. The zero-order valence-electron chi connectivity index (χ0n) is 9.65. The fourth-order valence-corrected chi connectivity index (χ4v) is 2.06. The minimum Gasteiger partial charge on any atom is -0.387 e. The lowest BCUT2D eigenvalue weighted by atomic mass is 9.89. The number of oxime groups is 1. The van der Waals surface area contributed by atoms with Crippen molar-refractivity contribution in [2.75, 3.05) is 27.2 Å². The lowest BCUT2D eigenvalue weighted by Crippen LogP contribution is -2.46. The van der Waals surface area contributed by atoms with Gasteiger partial charge in [0.05, 0.1) is 0 Å². The second-order valence-corrected chi connectivity index (χ2v) is 4.47. The SMILES string of the molecule is CN(C)C(=O)C1=NOC2(CCCNC2)C1.Cl. The van der Waals surface area contributed by atoms with Gasteiger partial charge in [-0.1, -0.05) is 5.16 Å². The van der Waals surface area contributed by atoms with Crippen LogP contribution in [0.3, 0.4) is 0 Å². The summed E-state index contributed by atoms with van der Waals surface area (Å²) in [5.41, 5.74) is 0.294. The molecule has 0 radical (unpaired) electrons. The number of hydrogen-bond donors (Lipinski definition) is 1.